The molecule has 0 heterocycles. The Morgan fingerprint density at radius 2 is 1.75 bits per heavy atom. The molecule has 0 aliphatic heterocycles. The number of halogens is 3. The van der Waals surface area contributed by atoms with Crippen LogP contribution in [0.4, 0.5) is 13.2 Å². The predicted octanol–water partition coefficient (Wildman–Crippen LogP) is 1.44. The summed E-state index contributed by atoms with van der Waals surface area (Å²) < 4.78 is 41.6. The second-order valence-electron chi connectivity index (χ2n) is 3.92. The summed E-state index contributed by atoms with van der Waals surface area (Å²) in [5, 5.41) is 10.2. The molecule has 0 saturated carbocycles. The number of alkyl halides is 3. The van der Waals surface area contributed by atoms with Crippen molar-refractivity contribution in [2.24, 2.45) is 0 Å². The van der Waals surface area contributed by atoms with Crippen LogP contribution in [-0.2, 0) is 27.1 Å². The molecule has 7 heteroatoms. The molecule has 1 aromatic carbocycles. The molecule has 0 radical (unpaired) electrons. The van der Waals surface area contributed by atoms with Crippen molar-refractivity contribution >= 4 is 11.9 Å². The average molecular weight is 287 g/mol. The van der Waals surface area contributed by atoms with Gasteiger partial charge >= 0.3 is 12.1 Å². The standard InChI is InChI=1S/C13H11F3O4/c1-8(6-11(17)18)12(19)20-7-9-2-4-10(5-3-9)13(14,15)16/h2-5H,1,6-7H2,(H,17,18)/p-1. The highest BCUT2D eigenvalue weighted by atomic mass is 19.4. The normalized spacial score (nSPS) is 10.9. The Morgan fingerprint density at radius 3 is 2.20 bits per heavy atom. The lowest BCUT2D eigenvalue weighted by molar-refractivity contribution is -0.304. The van der Waals surface area contributed by atoms with Crippen LogP contribution in [0.2, 0.25) is 0 Å². The van der Waals surface area contributed by atoms with E-state index < -0.39 is 30.1 Å². The molecule has 0 aliphatic carbocycles. The zero-order valence-electron chi connectivity index (χ0n) is 10.2. The van der Waals surface area contributed by atoms with Crippen molar-refractivity contribution in [2.45, 2.75) is 19.2 Å². The fourth-order valence-corrected chi connectivity index (χ4v) is 1.29. The first kappa shape index (κ1) is 15.7. The highest BCUT2D eigenvalue weighted by Gasteiger charge is 2.29. The quantitative estimate of drug-likeness (QED) is 0.607. The van der Waals surface area contributed by atoms with Crippen LogP contribution in [-0.4, -0.2) is 11.9 Å². The van der Waals surface area contributed by atoms with Gasteiger partial charge in [-0.05, 0) is 17.7 Å². The molecule has 0 aromatic heterocycles. The van der Waals surface area contributed by atoms with Gasteiger partial charge in [-0.3, -0.25) is 0 Å². The van der Waals surface area contributed by atoms with Gasteiger partial charge in [-0.15, -0.1) is 0 Å². The summed E-state index contributed by atoms with van der Waals surface area (Å²) in [4.78, 5) is 21.5. The van der Waals surface area contributed by atoms with E-state index in [4.69, 9.17) is 4.74 Å². The molecule has 0 fully saturated rings. The molecule has 20 heavy (non-hydrogen) atoms. The van der Waals surface area contributed by atoms with E-state index in [0.29, 0.717) is 5.56 Å². The van der Waals surface area contributed by atoms with Crippen molar-refractivity contribution in [3.8, 4) is 0 Å². The number of benzene rings is 1. The molecule has 0 spiro atoms. The second kappa shape index (κ2) is 6.23. The number of hydrogen-bond donors (Lipinski definition) is 0. The molecule has 0 unspecified atom stereocenters. The topological polar surface area (TPSA) is 66.4 Å². The van der Waals surface area contributed by atoms with E-state index in [0.717, 1.165) is 24.3 Å². The number of carbonyl (C=O) groups excluding carboxylic acids is 2. The van der Waals surface area contributed by atoms with Crippen molar-refractivity contribution in [1.82, 2.24) is 0 Å². The third-order valence-corrected chi connectivity index (χ3v) is 2.30. The molecular weight excluding hydrogens is 277 g/mol. The first-order valence-electron chi connectivity index (χ1n) is 5.41. The summed E-state index contributed by atoms with van der Waals surface area (Å²) in [6.07, 6.45) is -5.09. The number of carbonyl (C=O) groups is 2. The van der Waals surface area contributed by atoms with Gasteiger partial charge in [-0.1, -0.05) is 18.7 Å². The van der Waals surface area contributed by atoms with Gasteiger partial charge in [0.15, 0.2) is 0 Å². The van der Waals surface area contributed by atoms with E-state index in [9.17, 15) is 27.9 Å². The fourth-order valence-electron chi connectivity index (χ4n) is 1.29. The van der Waals surface area contributed by atoms with Crippen LogP contribution in [0.25, 0.3) is 0 Å². The first-order chi connectivity index (χ1) is 9.20. The summed E-state index contributed by atoms with van der Waals surface area (Å²) in [6, 6.07) is 4.05. The second-order valence-corrected chi connectivity index (χ2v) is 3.92. The molecule has 4 nitrogen and oxygen atoms in total. The van der Waals surface area contributed by atoms with Crippen molar-refractivity contribution in [1.29, 1.82) is 0 Å². The SMILES string of the molecule is C=C(CC(=O)[O-])C(=O)OCc1ccc(C(F)(F)F)cc1. The van der Waals surface area contributed by atoms with Gasteiger partial charge in [0.05, 0.1) is 5.56 Å². The monoisotopic (exact) mass is 287 g/mol. The average Bonchev–Trinajstić information content (AvgIpc) is 2.34. The minimum Gasteiger partial charge on any atom is -0.550 e. The van der Waals surface area contributed by atoms with Gasteiger partial charge in [-0.25, -0.2) is 4.79 Å². The molecular formula is C13H10F3O4-. The van der Waals surface area contributed by atoms with Crippen molar-refractivity contribution in [3.63, 3.8) is 0 Å². The third-order valence-electron chi connectivity index (χ3n) is 2.30. The summed E-state index contributed by atoms with van der Waals surface area (Å²) >= 11 is 0. The number of carboxylic acids is 1. The molecule has 0 N–H and O–H groups in total. The number of ether oxygens (including phenoxy) is 1. The van der Waals surface area contributed by atoms with Crippen molar-refractivity contribution in [2.75, 3.05) is 0 Å². The minimum atomic E-state index is -4.43. The lowest BCUT2D eigenvalue weighted by Crippen LogP contribution is -2.24. The van der Waals surface area contributed by atoms with E-state index in [2.05, 4.69) is 6.58 Å². The lowest BCUT2D eigenvalue weighted by Gasteiger charge is -2.09. The number of aliphatic carboxylic acids is 1. The Bertz CT molecular complexity index is 517. The largest absolute Gasteiger partial charge is 0.550 e. The molecule has 0 amide bonds. The lowest BCUT2D eigenvalue weighted by atomic mass is 10.1. The van der Waals surface area contributed by atoms with E-state index >= 15 is 0 Å². The van der Waals surface area contributed by atoms with Crippen LogP contribution >= 0.6 is 0 Å². The highest BCUT2D eigenvalue weighted by Crippen LogP contribution is 2.29. The molecule has 108 valence electrons. The van der Waals surface area contributed by atoms with Crippen molar-refractivity contribution < 1.29 is 32.6 Å². The van der Waals surface area contributed by atoms with Crippen LogP contribution < -0.4 is 5.11 Å². The Kier molecular flexibility index (Phi) is 4.90. The van der Waals surface area contributed by atoms with Crippen LogP contribution in [0, 0.1) is 0 Å². The zero-order chi connectivity index (χ0) is 15.3. The first-order valence-corrected chi connectivity index (χ1v) is 5.41. The van der Waals surface area contributed by atoms with Crippen LogP contribution in [0.15, 0.2) is 36.4 Å². The molecule has 0 bridgehead atoms. The summed E-state index contributed by atoms with van der Waals surface area (Å²) in [5.74, 6) is -2.41. The summed E-state index contributed by atoms with van der Waals surface area (Å²) in [7, 11) is 0. The highest BCUT2D eigenvalue weighted by molar-refractivity contribution is 5.92. The Balaban J connectivity index is 2.56. The van der Waals surface area contributed by atoms with Gasteiger partial charge < -0.3 is 14.6 Å². The smallest absolute Gasteiger partial charge is 0.416 e. The number of hydrogen-bond acceptors (Lipinski definition) is 4. The maximum absolute atomic E-state index is 12.3. The number of rotatable bonds is 5. The van der Waals surface area contributed by atoms with E-state index in [1.165, 1.54) is 0 Å². The fraction of sp³-hybridized carbons (Fsp3) is 0.231. The van der Waals surface area contributed by atoms with Crippen molar-refractivity contribution in [3.05, 3.63) is 47.5 Å². The van der Waals surface area contributed by atoms with Crippen LogP contribution in [0.5, 0.6) is 0 Å². The minimum absolute atomic E-state index is 0.275. The van der Waals surface area contributed by atoms with Gasteiger partial charge in [0, 0.05) is 18.0 Å². The summed E-state index contributed by atoms with van der Waals surface area (Å²) in [6.45, 7) is 2.93. The maximum Gasteiger partial charge on any atom is 0.416 e. The maximum atomic E-state index is 12.3. The van der Waals surface area contributed by atoms with Gasteiger partial charge in [0.1, 0.15) is 6.61 Å². The number of carboxylic acid groups (broad SMARTS) is 1. The zero-order valence-corrected chi connectivity index (χ0v) is 10.2. The van der Waals surface area contributed by atoms with Gasteiger partial charge in [-0.2, -0.15) is 13.2 Å². The predicted molar refractivity (Wildman–Crippen MR) is 60.0 cm³/mol. The van der Waals surface area contributed by atoms with Gasteiger partial charge in [0.25, 0.3) is 0 Å². The number of esters is 1. The van der Waals surface area contributed by atoms with E-state index in [1.54, 1.807) is 0 Å². The molecule has 0 atom stereocenters. The summed E-state index contributed by atoms with van der Waals surface area (Å²) in [5.41, 5.74) is -0.765. The van der Waals surface area contributed by atoms with Gasteiger partial charge in [0.2, 0.25) is 0 Å². The molecule has 1 aromatic rings. The Hall–Kier alpha value is -2.31. The third kappa shape index (κ3) is 4.75. The molecule has 1 rings (SSSR count). The van der Waals surface area contributed by atoms with Crippen LogP contribution in [0.1, 0.15) is 17.5 Å². The molecule has 0 aliphatic rings. The Morgan fingerprint density at radius 1 is 1.20 bits per heavy atom. The van der Waals surface area contributed by atoms with E-state index in [-0.39, 0.29) is 12.2 Å². The molecule has 0 saturated heterocycles. The van der Waals surface area contributed by atoms with Crippen LogP contribution in [0.3, 0.4) is 0 Å². The Labute approximate surface area is 112 Å². The van der Waals surface area contributed by atoms with E-state index in [1.807, 2.05) is 0 Å².